The minimum Gasteiger partial charge on any atom is -0.506 e. The number of fused-ring (bicyclic) bond motifs is 1. The van der Waals surface area contributed by atoms with Gasteiger partial charge in [-0.05, 0) is 15.9 Å². The summed E-state index contributed by atoms with van der Waals surface area (Å²) in [6.45, 7) is 0. The molecule has 0 saturated carbocycles. The highest BCUT2D eigenvalue weighted by Crippen LogP contribution is 2.42. The molecule has 4 nitrogen and oxygen atoms in total. The standard InChI is InChI=1S/C11H7BrO4/c12-8-7(11(15)16)9(13)5-3-1-2-4-6(5)10(8)14/h1-4,13-14H,(H,15,16). The second-order valence-corrected chi connectivity index (χ2v) is 4.03. The van der Waals surface area contributed by atoms with Crippen molar-refractivity contribution in [1.82, 2.24) is 0 Å². The topological polar surface area (TPSA) is 77.8 Å². The Labute approximate surface area is 98.9 Å². The summed E-state index contributed by atoms with van der Waals surface area (Å²) < 4.78 is -0.0174. The van der Waals surface area contributed by atoms with E-state index in [4.69, 9.17) is 5.11 Å². The number of carbonyl (C=O) groups is 1. The zero-order valence-electron chi connectivity index (χ0n) is 7.94. The first-order chi connectivity index (χ1) is 7.54. The van der Waals surface area contributed by atoms with Crippen molar-refractivity contribution in [3.63, 3.8) is 0 Å². The number of hydrogen-bond donors (Lipinski definition) is 3. The molecule has 0 spiro atoms. The molecule has 0 radical (unpaired) electrons. The molecule has 0 amide bonds. The summed E-state index contributed by atoms with van der Waals surface area (Å²) in [5, 5.41) is 29.2. The molecule has 2 rings (SSSR count). The molecule has 0 heterocycles. The zero-order valence-corrected chi connectivity index (χ0v) is 9.52. The van der Waals surface area contributed by atoms with E-state index in [0.717, 1.165) is 0 Å². The minimum absolute atomic E-state index is 0.0174. The largest absolute Gasteiger partial charge is 0.506 e. The summed E-state index contributed by atoms with van der Waals surface area (Å²) in [5.41, 5.74) is -0.337. The van der Waals surface area contributed by atoms with E-state index >= 15 is 0 Å². The molecule has 16 heavy (non-hydrogen) atoms. The van der Waals surface area contributed by atoms with Gasteiger partial charge in [-0.15, -0.1) is 0 Å². The van der Waals surface area contributed by atoms with Crippen molar-refractivity contribution in [1.29, 1.82) is 0 Å². The normalized spacial score (nSPS) is 10.6. The molecule has 82 valence electrons. The third-order valence-electron chi connectivity index (χ3n) is 2.32. The Bertz CT molecular complexity index is 592. The Morgan fingerprint density at radius 1 is 1.06 bits per heavy atom. The van der Waals surface area contributed by atoms with E-state index in [2.05, 4.69) is 15.9 Å². The van der Waals surface area contributed by atoms with Crippen molar-refractivity contribution in [2.45, 2.75) is 0 Å². The molecule has 2 aromatic carbocycles. The second-order valence-electron chi connectivity index (χ2n) is 3.24. The molecule has 5 heteroatoms. The van der Waals surface area contributed by atoms with E-state index in [1.54, 1.807) is 24.3 Å². The summed E-state index contributed by atoms with van der Waals surface area (Å²) >= 11 is 2.96. The average Bonchev–Trinajstić information content (AvgIpc) is 2.26. The van der Waals surface area contributed by atoms with E-state index < -0.39 is 5.97 Å². The Morgan fingerprint density at radius 3 is 2.06 bits per heavy atom. The van der Waals surface area contributed by atoms with Gasteiger partial charge in [0.05, 0.1) is 4.47 Å². The number of benzene rings is 2. The van der Waals surface area contributed by atoms with Gasteiger partial charge in [0.2, 0.25) is 0 Å². The molecular formula is C11H7BrO4. The second kappa shape index (κ2) is 3.68. The molecule has 0 bridgehead atoms. The number of phenolic OH excluding ortho intramolecular Hbond substituents is 1. The van der Waals surface area contributed by atoms with Crippen LogP contribution in [0, 0.1) is 0 Å². The lowest BCUT2D eigenvalue weighted by molar-refractivity contribution is 0.0692. The predicted octanol–water partition coefficient (Wildman–Crippen LogP) is 2.71. The lowest BCUT2D eigenvalue weighted by Crippen LogP contribution is -1.99. The molecule has 0 aliphatic rings. The van der Waals surface area contributed by atoms with Gasteiger partial charge in [0.1, 0.15) is 17.1 Å². The van der Waals surface area contributed by atoms with Crippen molar-refractivity contribution in [2.75, 3.05) is 0 Å². The van der Waals surface area contributed by atoms with Crippen molar-refractivity contribution in [2.24, 2.45) is 0 Å². The van der Waals surface area contributed by atoms with Crippen LogP contribution in [0.25, 0.3) is 10.8 Å². The van der Waals surface area contributed by atoms with Crippen LogP contribution in [0.2, 0.25) is 0 Å². The maximum absolute atomic E-state index is 10.9. The van der Waals surface area contributed by atoms with Gasteiger partial charge in [-0.3, -0.25) is 0 Å². The first-order valence-electron chi connectivity index (χ1n) is 4.39. The SMILES string of the molecule is O=C(O)c1c(Br)c(O)c2ccccc2c1O. The van der Waals surface area contributed by atoms with E-state index in [0.29, 0.717) is 10.8 Å². The monoisotopic (exact) mass is 282 g/mol. The maximum atomic E-state index is 10.9. The van der Waals surface area contributed by atoms with Gasteiger partial charge >= 0.3 is 5.97 Å². The third kappa shape index (κ3) is 1.40. The van der Waals surface area contributed by atoms with Gasteiger partial charge < -0.3 is 15.3 Å². The van der Waals surface area contributed by atoms with Crippen LogP contribution < -0.4 is 0 Å². The molecule has 0 aliphatic heterocycles. The van der Waals surface area contributed by atoms with Crippen molar-refractivity contribution < 1.29 is 20.1 Å². The first kappa shape index (κ1) is 10.8. The number of halogens is 1. The summed E-state index contributed by atoms with van der Waals surface area (Å²) in [6.07, 6.45) is 0. The fourth-order valence-corrected chi connectivity index (χ4v) is 2.14. The van der Waals surface area contributed by atoms with Crippen LogP contribution in [-0.2, 0) is 0 Å². The molecule has 0 atom stereocenters. The van der Waals surface area contributed by atoms with Crippen LogP contribution in [0.4, 0.5) is 0 Å². The maximum Gasteiger partial charge on any atom is 0.340 e. The highest BCUT2D eigenvalue weighted by Gasteiger charge is 2.21. The summed E-state index contributed by atoms with van der Waals surface area (Å²) in [6, 6.07) is 6.49. The van der Waals surface area contributed by atoms with E-state index in [-0.39, 0.29) is 21.5 Å². The van der Waals surface area contributed by atoms with Gasteiger partial charge in [0, 0.05) is 10.8 Å². The minimum atomic E-state index is -1.30. The van der Waals surface area contributed by atoms with Gasteiger partial charge in [0.15, 0.2) is 0 Å². The number of phenols is 2. The van der Waals surface area contributed by atoms with Crippen molar-refractivity contribution in [3.8, 4) is 11.5 Å². The fraction of sp³-hybridized carbons (Fsp3) is 0. The number of carboxylic acids is 1. The molecule has 3 N–H and O–H groups in total. The summed E-state index contributed by atoms with van der Waals surface area (Å²) in [4.78, 5) is 10.9. The molecule has 2 aromatic rings. The number of aromatic hydroxyl groups is 2. The van der Waals surface area contributed by atoms with Crippen molar-refractivity contribution in [3.05, 3.63) is 34.3 Å². The highest BCUT2D eigenvalue weighted by atomic mass is 79.9. The predicted molar refractivity (Wildman–Crippen MR) is 61.9 cm³/mol. The molecule has 0 unspecified atom stereocenters. The number of carboxylic acid groups (broad SMARTS) is 1. The first-order valence-corrected chi connectivity index (χ1v) is 5.18. The van der Waals surface area contributed by atoms with E-state index in [1.807, 2.05) is 0 Å². The Balaban J connectivity index is 3.00. The Kier molecular flexibility index (Phi) is 2.47. The quantitative estimate of drug-likeness (QED) is 0.703. The van der Waals surface area contributed by atoms with Crippen LogP contribution in [0.15, 0.2) is 28.7 Å². The molecule has 0 saturated heterocycles. The summed E-state index contributed by atoms with van der Waals surface area (Å²) in [7, 11) is 0. The zero-order chi connectivity index (χ0) is 11.9. The number of aromatic carboxylic acids is 1. The van der Waals surface area contributed by atoms with Gasteiger partial charge in [0.25, 0.3) is 0 Å². The van der Waals surface area contributed by atoms with Crippen LogP contribution in [0.3, 0.4) is 0 Å². The van der Waals surface area contributed by atoms with Crippen LogP contribution in [0.1, 0.15) is 10.4 Å². The van der Waals surface area contributed by atoms with Gasteiger partial charge in [-0.2, -0.15) is 0 Å². The van der Waals surface area contributed by atoms with Gasteiger partial charge in [-0.25, -0.2) is 4.79 Å². The third-order valence-corrected chi connectivity index (χ3v) is 3.09. The fourth-order valence-electron chi connectivity index (χ4n) is 1.57. The molecule has 0 aliphatic carbocycles. The van der Waals surface area contributed by atoms with Crippen LogP contribution >= 0.6 is 15.9 Å². The Morgan fingerprint density at radius 2 is 1.56 bits per heavy atom. The molecule has 0 fully saturated rings. The van der Waals surface area contributed by atoms with Crippen LogP contribution in [-0.4, -0.2) is 21.3 Å². The van der Waals surface area contributed by atoms with Crippen molar-refractivity contribution >= 4 is 32.7 Å². The van der Waals surface area contributed by atoms with E-state index in [1.165, 1.54) is 0 Å². The molecular weight excluding hydrogens is 276 g/mol. The lowest BCUT2D eigenvalue weighted by Gasteiger charge is -2.09. The van der Waals surface area contributed by atoms with E-state index in [9.17, 15) is 15.0 Å². The number of rotatable bonds is 1. The summed E-state index contributed by atoms with van der Waals surface area (Å²) in [5.74, 6) is -1.84. The smallest absolute Gasteiger partial charge is 0.340 e. The Hall–Kier alpha value is -1.75. The lowest BCUT2D eigenvalue weighted by atomic mass is 10.0. The highest BCUT2D eigenvalue weighted by molar-refractivity contribution is 9.10. The average molecular weight is 283 g/mol. The number of hydrogen-bond acceptors (Lipinski definition) is 3. The van der Waals surface area contributed by atoms with Crippen LogP contribution in [0.5, 0.6) is 11.5 Å². The molecule has 0 aromatic heterocycles. The van der Waals surface area contributed by atoms with Gasteiger partial charge in [-0.1, -0.05) is 24.3 Å².